The maximum absolute atomic E-state index is 12.4. The van der Waals surface area contributed by atoms with Gasteiger partial charge in [-0.15, -0.1) is 0 Å². The van der Waals surface area contributed by atoms with E-state index in [-0.39, 0.29) is 5.91 Å². The van der Waals surface area contributed by atoms with Crippen molar-refractivity contribution in [3.05, 3.63) is 60.0 Å². The SMILES string of the molecule is CC.CC.CC.CCCN(CC)CC(=O)Nc1ccc(SC2=Nn3cc(C)cc3C(Nc3ccn[nH]3)=NC2)cc1. The molecule has 1 aliphatic rings. The van der Waals surface area contributed by atoms with Crippen LogP contribution in [0.4, 0.5) is 11.5 Å². The zero-order chi connectivity index (χ0) is 29.9. The van der Waals surface area contributed by atoms with Crippen LogP contribution >= 0.6 is 11.8 Å². The molecule has 3 heterocycles. The van der Waals surface area contributed by atoms with Crippen LogP contribution in [0.2, 0.25) is 0 Å². The molecule has 0 bridgehead atoms. The molecule has 10 heteroatoms. The summed E-state index contributed by atoms with van der Waals surface area (Å²) in [6.45, 7) is 20.9. The van der Waals surface area contributed by atoms with E-state index in [1.54, 1.807) is 18.0 Å². The van der Waals surface area contributed by atoms with Gasteiger partial charge in [0.05, 0.1) is 19.3 Å². The molecular weight excluding hydrogens is 520 g/mol. The van der Waals surface area contributed by atoms with Gasteiger partial charge in [-0.1, -0.05) is 67.2 Å². The molecule has 0 atom stereocenters. The van der Waals surface area contributed by atoms with Crippen molar-refractivity contribution in [1.29, 1.82) is 0 Å². The molecule has 4 rings (SSSR count). The lowest BCUT2D eigenvalue weighted by Gasteiger charge is -2.18. The van der Waals surface area contributed by atoms with E-state index in [0.717, 1.165) is 58.0 Å². The van der Waals surface area contributed by atoms with E-state index >= 15 is 0 Å². The Morgan fingerprint density at radius 1 is 1.07 bits per heavy atom. The number of rotatable bonds is 8. The number of benzene rings is 1. The van der Waals surface area contributed by atoms with Gasteiger partial charge in [-0.05, 0) is 62.3 Å². The van der Waals surface area contributed by atoms with E-state index in [4.69, 9.17) is 10.1 Å². The monoisotopic (exact) mass is 568 g/mol. The molecule has 0 fully saturated rings. The van der Waals surface area contributed by atoms with Gasteiger partial charge in [-0.25, -0.2) is 4.68 Å². The second kappa shape index (κ2) is 19.7. The molecule has 0 saturated heterocycles. The molecule has 0 spiro atoms. The Bertz CT molecular complexity index is 1170. The molecule has 0 radical (unpaired) electrons. The number of thioether (sulfide) groups is 1. The van der Waals surface area contributed by atoms with Crippen molar-refractivity contribution in [2.75, 3.05) is 36.8 Å². The van der Waals surface area contributed by atoms with Crippen molar-refractivity contribution in [2.24, 2.45) is 10.1 Å². The van der Waals surface area contributed by atoms with E-state index in [0.29, 0.717) is 13.1 Å². The first-order valence-corrected chi connectivity index (χ1v) is 15.2. The van der Waals surface area contributed by atoms with Gasteiger partial charge in [0.2, 0.25) is 5.91 Å². The molecule has 0 unspecified atom stereocenters. The summed E-state index contributed by atoms with van der Waals surface area (Å²) in [6, 6.07) is 11.7. The van der Waals surface area contributed by atoms with Crippen LogP contribution in [0.25, 0.3) is 0 Å². The first-order chi connectivity index (χ1) is 19.5. The number of amides is 1. The van der Waals surface area contributed by atoms with Crippen molar-refractivity contribution in [2.45, 2.75) is 73.6 Å². The van der Waals surface area contributed by atoms with Crippen LogP contribution in [-0.4, -0.2) is 62.7 Å². The lowest BCUT2D eigenvalue weighted by atomic mass is 10.3. The minimum atomic E-state index is 0.00554. The lowest BCUT2D eigenvalue weighted by Crippen LogP contribution is -2.33. The van der Waals surface area contributed by atoms with Gasteiger partial charge in [-0.3, -0.25) is 19.8 Å². The predicted molar refractivity (Wildman–Crippen MR) is 173 cm³/mol. The molecule has 40 heavy (non-hydrogen) atoms. The van der Waals surface area contributed by atoms with Crippen molar-refractivity contribution < 1.29 is 4.79 Å². The third-order valence-electron chi connectivity index (χ3n) is 5.25. The maximum atomic E-state index is 12.4. The van der Waals surface area contributed by atoms with Gasteiger partial charge < -0.3 is 10.6 Å². The highest BCUT2D eigenvalue weighted by Crippen LogP contribution is 2.24. The number of aromatic amines is 1. The Morgan fingerprint density at radius 3 is 2.38 bits per heavy atom. The third-order valence-corrected chi connectivity index (χ3v) is 6.21. The summed E-state index contributed by atoms with van der Waals surface area (Å²) in [5.41, 5.74) is 2.78. The fourth-order valence-corrected chi connectivity index (χ4v) is 4.44. The van der Waals surface area contributed by atoms with Crippen molar-refractivity contribution in [1.82, 2.24) is 19.8 Å². The topological polar surface area (TPSA) is 103 Å². The van der Waals surface area contributed by atoms with Gasteiger partial charge in [-0.2, -0.15) is 10.2 Å². The highest BCUT2D eigenvalue weighted by atomic mass is 32.2. The van der Waals surface area contributed by atoms with Crippen molar-refractivity contribution in [3.8, 4) is 0 Å². The number of nitrogens with one attached hydrogen (secondary N) is 3. The van der Waals surface area contributed by atoms with Gasteiger partial charge in [0.25, 0.3) is 0 Å². The van der Waals surface area contributed by atoms with E-state index in [2.05, 4.69) is 45.6 Å². The summed E-state index contributed by atoms with van der Waals surface area (Å²) < 4.78 is 1.86. The highest BCUT2D eigenvalue weighted by Gasteiger charge is 2.17. The Labute approximate surface area is 244 Å². The van der Waals surface area contributed by atoms with Crippen LogP contribution < -0.4 is 10.6 Å². The number of hydrogen-bond donors (Lipinski definition) is 3. The Morgan fingerprint density at radius 2 is 1.77 bits per heavy atom. The standard InChI is InChI=1S/C24H30N8OS.3C2H6/c1-4-12-31(5-2)16-22(33)27-18-6-8-19(9-7-18)34-23-14-25-24(28-21-10-11-26-29-21)20-13-17(3)15-32(20)30-23;3*1-2/h6-11,13,15H,4-5,12,14,16H2,1-3H3,(H,27,33)(H2,25,26,28,29);3*1-2H3. The summed E-state index contributed by atoms with van der Waals surface area (Å²) in [7, 11) is 0. The Hall–Kier alpha value is -3.37. The van der Waals surface area contributed by atoms with Gasteiger partial charge in [0.1, 0.15) is 16.6 Å². The van der Waals surface area contributed by atoms with Crippen molar-refractivity contribution in [3.63, 3.8) is 0 Å². The lowest BCUT2D eigenvalue weighted by molar-refractivity contribution is -0.117. The zero-order valence-electron chi connectivity index (χ0n) is 25.7. The zero-order valence-corrected chi connectivity index (χ0v) is 26.5. The molecule has 3 N–H and O–H groups in total. The minimum Gasteiger partial charge on any atom is -0.325 e. The second-order valence-corrected chi connectivity index (χ2v) is 9.19. The maximum Gasteiger partial charge on any atom is 0.238 e. The summed E-state index contributed by atoms with van der Waals surface area (Å²) >= 11 is 1.56. The average molecular weight is 569 g/mol. The molecule has 2 aromatic heterocycles. The Balaban J connectivity index is 0.00000125. The fourth-order valence-electron chi connectivity index (χ4n) is 3.64. The van der Waals surface area contributed by atoms with Crippen LogP contribution in [0.3, 0.4) is 0 Å². The number of amidine groups is 1. The number of hydrogen-bond acceptors (Lipinski definition) is 7. The van der Waals surface area contributed by atoms with Crippen LogP contribution in [-0.2, 0) is 4.79 Å². The van der Waals surface area contributed by atoms with Crippen molar-refractivity contribution >= 4 is 40.1 Å². The number of carbonyl (C=O) groups excluding carboxylic acids is 1. The normalized spacial score (nSPS) is 11.7. The largest absolute Gasteiger partial charge is 0.325 e. The first-order valence-electron chi connectivity index (χ1n) is 14.4. The number of likely N-dealkylation sites (N-methyl/N-ethyl adjacent to an activating group) is 1. The summed E-state index contributed by atoms with van der Waals surface area (Å²) in [5.74, 6) is 1.51. The summed E-state index contributed by atoms with van der Waals surface area (Å²) in [6.07, 6.45) is 4.71. The number of anilines is 2. The van der Waals surface area contributed by atoms with Gasteiger partial charge in [0.15, 0.2) is 5.84 Å². The molecule has 1 amide bonds. The molecule has 0 aliphatic carbocycles. The second-order valence-electron chi connectivity index (χ2n) is 8.04. The average Bonchev–Trinajstić information content (AvgIpc) is 3.60. The molecule has 0 saturated carbocycles. The Kier molecular flexibility index (Phi) is 17.0. The number of fused-ring (bicyclic) bond motifs is 1. The highest BCUT2D eigenvalue weighted by molar-refractivity contribution is 8.14. The smallest absolute Gasteiger partial charge is 0.238 e. The van der Waals surface area contributed by atoms with Crippen LogP contribution in [0.1, 0.15) is 73.1 Å². The van der Waals surface area contributed by atoms with Crippen LogP contribution in [0, 0.1) is 6.92 Å². The third kappa shape index (κ3) is 11.0. The quantitative estimate of drug-likeness (QED) is 0.269. The van der Waals surface area contributed by atoms with Crippen LogP contribution in [0.15, 0.2) is 63.8 Å². The van der Waals surface area contributed by atoms with E-state index < -0.39 is 0 Å². The van der Waals surface area contributed by atoms with Crippen LogP contribution in [0.5, 0.6) is 0 Å². The van der Waals surface area contributed by atoms with E-state index in [1.165, 1.54) is 0 Å². The molecule has 1 aliphatic heterocycles. The number of aromatic nitrogens is 3. The molecule has 1 aromatic carbocycles. The minimum absolute atomic E-state index is 0.00554. The fraction of sp³-hybridized carbons (Fsp3) is 0.467. The number of aliphatic imine (C=N–C) groups is 1. The van der Waals surface area contributed by atoms with E-state index in [1.807, 2.05) is 89.7 Å². The number of carbonyl (C=O) groups is 1. The van der Waals surface area contributed by atoms with Gasteiger partial charge in [0, 0.05) is 22.8 Å². The van der Waals surface area contributed by atoms with E-state index in [9.17, 15) is 4.79 Å². The molecule has 9 nitrogen and oxygen atoms in total. The summed E-state index contributed by atoms with van der Waals surface area (Å²) in [4.78, 5) is 20.3. The van der Waals surface area contributed by atoms with Gasteiger partial charge >= 0.3 is 0 Å². The number of aryl methyl sites for hydroxylation is 1. The predicted octanol–water partition coefficient (Wildman–Crippen LogP) is 7.09. The molecule has 220 valence electrons. The first kappa shape index (κ1) is 34.7. The number of H-pyrrole nitrogens is 1. The molecule has 3 aromatic rings. The molecular formula is C30H48N8OS. The summed E-state index contributed by atoms with van der Waals surface area (Å²) in [5, 5.41) is 18.8. The number of nitrogens with zero attached hydrogens (tertiary/aromatic N) is 5.